The molecule has 0 radical (unpaired) electrons. The average Bonchev–Trinajstić information content (AvgIpc) is 2.66. The van der Waals surface area contributed by atoms with Gasteiger partial charge >= 0.3 is 0 Å². The quantitative estimate of drug-likeness (QED) is 0.825. The zero-order valence-electron chi connectivity index (χ0n) is 10.2. The second kappa shape index (κ2) is 6.66. The van der Waals surface area contributed by atoms with E-state index in [0.29, 0.717) is 6.54 Å². The number of thiophene rings is 1. The van der Waals surface area contributed by atoms with Gasteiger partial charge < -0.3 is 10.2 Å². The Morgan fingerprint density at radius 1 is 1.38 bits per heavy atom. The first kappa shape index (κ1) is 13.2. The van der Waals surface area contributed by atoms with Crippen molar-refractivity contribution >= 4 is 17.2 Å². The van der Waals surface area contributed by atoms with Crippen LogP contribution in [-0.4, -0.2) is 30.4 Å². The summed E-state index contributed by atoms with van der Waals surface area (Å²) in [6.45, 7) is 8.89. The van der Waals surface area contributed by atoms with Crippen molar-refractivity contribution in [2.75, 3.05) is 19.6 Å². The third kappa shape index (κ3) is 3.61. The minimum absolute atomic E-state index is 0.179. The lowest BCUT2D eigenvalue weighted by atomic mass is 10.2. The Balaban J connectivity index is 2.30. The number of carbonyl (C=O) groups is 1. The highest BCUT2D eigenvalue weighted by molar-refractivity contribution is 7.08. The van der Waals surface area contributed by atoms with Crippen LogP contribution in [0.5, 0.6) is 0 Å². The molecule has 0 bridgehead atoms. The SMILES string of the molecule is CCN(CC)C(=O)CNCc1cscc1C. The molecular formula is C12H20N2OS. The Bertz CT molecular complexity index is 332. The van der Waals surface area contributed by atoms with Crippen LogP contribution >= 0.6 is 11.3 Å². The Hall–Kier alpha value is -0.870. The van der Waals surface area contributed by atoms with Gasteiger partial charge in [-0.15, -0.1) is 0 Å². The van der Waals surface area contributed by atoms with E-state index in [2.05, 4.69) is 23.0 Å². The van der Waals surface area contributed by atoms with Gasteiger partial charge in [0.05, 0.1) is 6.54 Å². The normalized spacial score (nSPS) is 10.4. The number of nitrogens with zero attached hydrogens (tertiary/aromatic N) is 1. The van der Waals surface area contributed by atoms with Crippen molar-refractivity contribution in [3.8, 4) is 0 Å². The Labute approximate surface area is 101 Å². The van der Waals surface area contributed by atoms with Gasteiger partial charge in [0.1, 0.15) is 0 Å². The highest BCUT2D eigenvalue weighted by atomic mass is 32.1. The summed E-state index contributed by atoms with van der Waals surface area (Å²) in [5.41, 5.74) is 2.59. The van der Waals surface area contributed by atoms with Gasteiger partial charge in [0.25, 0.3) is 0 Å². The van der Waals surface area contributed by atoms with Crippen LogP contribution in [0.1, 0.15) is 25.0 Å². The maximum atomic E-state index is 11.7. The molecule has 0 spiro atoms. The van der Waals surface area contributed by atoms with Gasteiger partial charge in [-0.3, -0.25) is 4.79 Å². The average molecular weight is 240 g/mol. The number of carbonyl (C=O) groups excluding carboxylic acids is 1. The van der Waals surface area contributed by atoms with Gasteiger partial charge in [0.15, 0.2) is 0 Å². The van der Waals surface area contributed by atoms with Crippen molar-refractivity contribution in [1.82, 2.24) is 10.2 Å². The smallest absolute Gasteiger partial charge is 0.236 e. The molecule has 1 amide bonds. The van der Waals surface area contributed by atoms with Crippen LogP contribution in [0, 0.1) is 6.92 Å². The molecule has 90 valence electrons. The summed E-state index contributed by atoms with van der Waals surface area (Å²) in [7, 11) is 0. The van der Waals surface area contributed by atoms with Crippen LogP contribution in [-0.2, 0) is 11.3 Å². The minimum Gasteiger partial charge on any atom is -0.342 e. The third-order valence-corrected chi connectivity index (χ3v) is 3.58. The molecule has 0 atom stereocenters. The molecule has 0 unspecified atom stereocenters. The molecule has 1 rings (SSSR count). The molecule has 16 heavy (non-hydrogen) atoms. The summed E-state index contributed by atoms with van der Waals surface area (Å²) in [5, 5.41) is 7.45. The number of aryl methyl sites for hydroxylation is 1. The van der Waals surface area contributed by atoms with Crippen LogP contribution < -0.4 is 5.32 Å². The van der Waals surface area contributed by atoms with E-state index in [9.17, 15) is 4.79 Å². The van der Waals surface area contributed by atoms with E-state index in [1.54, 1.807) is 11.3 Å². The van der Waals surface area contributed by atoms with Crippen LogP contribution in [0.2, 0.25) is 0 Å². The molecule has 0 aliphatic carbocycles. The molecule has 0 saturated carbocycles. The van der Waals surface area contributed by atoms with Crippen LogP contribution in [0.4, 0.5) is 0 Å². The van der Waals surface area contributed by atoms with Gasteiger partial charge in [0.2, 0.25) is 5.91 Å². The van der Waals surface area contributed by atoms with E-state index < -0.39 is 0 Å². The molecule has 1 aromatic heterocycles. The zero-order chi connectivity index (χ0) is 12.0. The lowest BCUT2D eigenvalue weighted by Gasteiger charge is -2.18. The molecule has 0 saturated heterocycles. The Morgan fingerprint density at radius 3 is 2.56 bits per heavy atom. The molecule has 1 aromatic rings. The topological polar surface area (TPSA) is 32.3 Å². The molecule has 0 fully saturated rings. The fourth-order valence-corrected chi connectivity index (χ4v) is 2.42. The fraction of sp³-hybridized carbons (Fsp3) is 0.583. The number of hydrogen-bond acceptors (Lipinski definition) is 3. The van der Waals surface area contributed by atoms with Gasteiger partial charge in [-0.1, -0.05) is 0 Å². The Kier molecular flexibility index (Phi) is 5.49. The van der Waals surface area contributed by atoms with Gasteiger partial charge in [-0.25, -0.2) is 0 Å². The highest BCUT2D eigenvalue weighted by Crippen LogP contribution is 2.12. The van der Waals surface area contributed by atoms with E-state index in [0.717, 1.165) is 19.6 Å². The van der Waals surface area contributed by atoms with E-state index in [-0.39, 0.29) is 5.91 Å². The molecule has 3 nitrogen and oxygen atoms in total. The van der Waals surface area contributed by atoms with E-state index in [4.69, 9.17) is 0 Å². The van der Waals surface area contributed by atoms with Gasteiger partial charge in [-0.2, -0.15) is 11.3 Å². The monoisotopic (exact) mass is 240 g/mol. The number of likely N-dealkylation sites (N-methyl/N-ethyl adjacent to an activating group) is 1. The van der Waals surface area contributed by atoms with Crippen LogP contribution in [0.25, 0.3) is 0 Å². The van der Waals surface area contributed by atoms with Crippen molar-refractivity contribution in [3.05, 3.63) is 21.9 Å². The largest absolute Gasteiger partial charge is 0.342 e. The molecule has 0 aliphatic rings. The van der Waals surface area contributed by atoms with Gasteiger partial charge in [-0.05, 0) is 42.7 Å². The maximum Gasteiger partial charge on any atom is 0.236 e. The standard InChI is InChI=1S/C12H20N2OS/c1-4-14(5-2)12(15)7-13-6-11-9-16-8-10(11)3/h8-9,13H,4-7H2,1-3H3. The summed E-state index contributed by atoms with van der Waals surface area (Å²) in [6, 6.07) is 0. The third-order valence-electron chi connectivity index (χ3n) is 2.67. The fourth-order valence-electron chi connectivity index (χ4n) is 1.56. The summed E-state index contributed by atoms with van der Waals surface area (Å²) in [4.78, 5) is 13.5. The lowest BCUT2D eigenvalue weighted by Crippen LogP contribution is -2.37. The minimum atomic E-state index is 0.179. The summed E-state index contributed by atoms with van der Waals surface area (Å²) >= 11 is 1.71. The van der Waals surface area contributed by atoms with Crippen molar-refractivity contribution in [2.45, 2.75) is 27.3 Å². The summed E-state index contributed by atoms with van der Waals surface area (Å²) in [5.74, 6) is 0.179. The lowest BCUT2D eigenvalue weighted by molar-refractivity contribution is -0.129. The second-order valence-electron chi connectivity index (χ2n) is 3.75. The predicted octanol–water partition coefficient (Wildman–Crippen LogP) is 2.01. The predicted molar refractivity (Wildman–Crippen MR) is 68.7 cm³/mol. The number of rotatable bonds is 6. The molecule has 4 heteroatoms. The van der Waals surface area contributed by atoms with E-state index in [1.807, 2.05) is 18.7 Å². The first-order valence-corrected chi connectivity index (χ1v) is 6.63. The molecule has 0 aromatic carbocycles. The number of hydrogen-bond donors (Lipinski definition) is 1. The van der Waals surface area contributed by atoms with Crippen molar-refractivity contribution in [2.24, 2.45) is 0 Å². The van der Waals surface area contributed by atoms with E-state index >= 15 is 0 Å². The van der Waals surface area contributed by atoms with Crippen molar-refractivity contribution < 1.29 is 4.79 Å². The van der Waals surface area contributed by atoms with Gasteiger partial charge in [0, 0.05) is 19.6 Å². The zero-order valence-corrected chi connectivity index (χ0v) is 11.1. The molecule has 1 heterocycles. The van der Waals surface area contributed by atoms with Crippen LogP contribution in [0.15, 0.2) is 10.8 Å². The van der Waals surface area contributed by atoms with Crippen molar-refractivity contribution in [3.63, 3.8) is 0 Å². The summed E-state index contributed by atoms with van der Waals surface area (Å²) < 4.78 is 0. The maximum absolute atomic E-state index is 11.7. The molecule has 1 N–H and O–H groups in total. The second-order valence-corrected chi connectivity index (χ2v) is 4.49. The number of nitrogens with one attached hydrogen (secondary N) is 1. The van der Waals surface area contributed by atoms with Crippen LogP contribution in [0.3, 0.4) is 0 Å². The molecular weight excluding hydrogens is 220 g/mol. The van der Waals surface area contributed by atoms with E-state index in [1.165, 1.54) is 11.1 Å². The Morgan fingerprint density at radius 2 is 2.06 bits per heavy atom. The first-order valence-electron chi connectivity index (χ1n) is 5.69. The highest BCUT2D eigenvalue weighted by Gasteiger charge is 2.08. The first-order chi connectivity index (χ1) is 7.69. The van der Waals surface area contributed by atoms with Crippen molar-refractivity contribution in [1.29, 1.82) is 0 Å². The summed E-state index contributed by atoms with van der Waals surface area (Å²) in [6.07, 6.45) is 0. The number of amides is 1. The molecule has 0 aliphatic heterocycles.